The van der Waals surface area contributed by atoms with Gasteiger partial charge in [0.15, 0.2) is 5.82 Å². The van der Waals surface area contributed by atoms with E-state index in [1.54, 1.807) is 16.7 Å². The molecule has 2 heterocycles. The van der Waals surface area contributed by atoms with Gasteiger partial charge in [-0.2, -0.15) is 0 Å². The summed E-state index contributed by atoms with van der Waals surface area (Å²) >= 11 is 6.23. The topological polar surface area (TPSA) is 77.0 Å². The van der Waals surface area contributed by atoms with Crippen LogP contribution in [0, 0.1) is 5.82 Å². The SMILES string of the molecule is Cl.Cl.NC[C@]1(c2cccc(Cl)c2)CC[C@@H](N2CCn3c(nnc3-c3cccc(F)c3)C2=O)CC1. The molecule has 182 valence electrons. The monoisotopic (exact) mass is 525 g/mol. The van der Waals surface area contributed by atoms with Crippen LogP contribution in [0.5, 0.6) is 0 Å². The van der Waals surface area contributed by atoms with Crippen LogP contribution in [0.4, 0.5) is 4.39 Å². The number of halogens is 4. The third-order valence-electron chi connectivity index (χ3n) is 7.03. The van der Waals surface area contributed by atoms with Crippen molar-refractivity contribution < 1.29 is 9.18 Å². The van der Waals surface area contributed by atoms with Gasteiger partial charge >= 0.3 is 0 Å². The van der Waals surface area contributed by atoms with E-state index < -0.39 is 0 Å². The summed E-state index contributed by atoms with van der Waals surface area (Å²) in [6.45, 7) is 1.73. The number of carbonyl (C=O) groups excluding carboxylic acids is 1. The number of rotatable bonds is 4. The number of nitrogens with two attached hydrogens (primary N) is 1. The number of benzene rings is 2. The summed E-state index contributed by atoms with van der Waals surface area (Å²) in [6, 6.07) is 14.3. The molecule has 0 saturated heterocycles. The van der Waals surface area contributed by atoms with Crippen molar-refractivity contribution in [2.75, 3.05) is 13.1 Å². The maximum Gasteiger partial charge on any atom is 0.292 e. The van der Waals surface area contributed by atoms with Crippen molar-refractivity contribution in [3.8, 4) is 11.4 Å². The van der Waals surface area contributed by atoms with Gasteiger partial charge in [0.2, 0.25) is 5.82 Å². The van der Waals surface area contributed by atoms with Gasteiger partial charge in [0, 0.05) is 41.7 Å². The Morgan fingerprint density at radius 1 is 1.03 bits per heavy atom. The van der Waals surface area contributed by atoms with E-state index in [2.05, 4.69) is 16.3 Å². The molecule has 0 spiro atoms. The Balaban J connectivity index is 0.00000162. The Morgan fingerprint density at radius 2 is 1.74 bits per heavy atom. The van der Waals surface area contributed by atoms with Crippen molar-refractivity contribution in [1.82, 2.24) is 19.7 Å². The van der Waals surface area contributed by atoms with Gasteiger partial charge in [-0.3, -0.25) is 4.79 Å². The molecule has 1 saturated carbocycles. The zero-order chi connectivity index (χ0) is 22.3. The summed E-state index contributed by atoms with van der Waals surface area (Å²) < 4.78 is 15.5. The van der Waals surface area contributed by atoms with Gasteiger partial charge in [0.1, 0.15) is 5.82 Å². The highest BCUT2D eigenvalue weighted by Gasteiger charge is 2.40. The first-order valence-corrected chi connectivity index (χ1v) is 11.3. The molecule has 10 heteroatoms. The Labute approximate surface area is 215 Å². The van der Waals surface area contributed by atoms with E-state index in [0.717, 1.165) is 30.7 Å². The predicted octanol–water partition coefficient (Wildman–Crippen LogP) is 4.88. The number of carbonyl (C=O) groups is 1. The second kappa shape index (κ2) is 10.6. The Hall–Kier alpha value is -2.19. The Kier molecular flexibility index (Phi) is 8.24. The summed E-state index contributed by atoms with van der Waals surface area (Å²) in [5.74, 6) is 0.397. The van der Waals surface area contributed by atoms with E-state index in [0.29, 0.717) is 36.8 Å². The quantitative estimate of drug-likeness (QED) is 0.526. The fraction of sp³-hybridized carbons (Fsp3) is 0.375. The standard InChI is InChI=1S/C24H25ClFN5O.2ClH/c25-18-5-2-4-17(14-18)24(15-27)9-7-20(8-10-24)30-11-12-31-21(28-29-22(31)23(30)32)16-3-1-6-19(26)13-16;;/h1-6,13-14,20H,7-12,15,27H2;2*1H/t20-,24+;;. The molecule has 0 atom stereocenters. The molecule has 1 fully saturated rings. The van der Waals surface area contributed by atoms with Gasteiger partial charge in [0.25, 0.3) is 5.91 Å². The minimum Gasteiger partial charge on any atom is -0.331 e. The van der Waals surface area contributed by atoms with Crippen LogP contribution < -0.4 is 5.73 Å². The summed E-state index contributed by atoms with van der Waals surface area (Å²) in [5.41, 5.74) is 7.92. The van der Waals surface area contributed by atoms with E-state index in [4.69, 9.17) is 17.3 Å². The molecule has 0 radical (unpaired) electrons. The molecule has 1 aliphatic carbocycles. The van der Waals surface area contributed by atoms with Gasteiger partial charge in [-0.1, -0.05) is 35.9 Å². The molecule has 2 N–H and O–H groups in total. The lowest BCUT2D eigenvalue weighted by Gasteiger charge is -2.44. The van der Waals surface area contributed by atoms with Crippen LogP contribution in [-0.4, -0.2) is 44.7 Å². The second-order valence-electron chi connectivity index (χ2n) is 8.73. The molecule has 1 aromatic heterocycles. The molecule has 34 heavy (non-hydrogen) atoms. The van der Waals surface area contributed by atoms with Crippen molar-refractivity contribution >= 4 is 42.3 Å². The fourth-order valence-corrected chi connectivity index (χ4v) is 5.39. The lowest BCUT2D eigenvalue weighted by atomic mass is 9.68. The first-order valence-electron chi connectivity index (χ1n) is 11.0. The molecule has 6 nitrogen and oxygen atoms in total. The average Bonchev–Trinajstić information content (AvgIpc) is 3.25. The number of hydrogen-bond acceptors (Lipinski definition) is 4. The van der Waals surface area contributed by atoms with Crippen molar-refractivity contribution in [3.63, 3.8) is 0 Å². The Bertz CT molecular complexity index is 1160. The van der Waals surface area contributed by atoms with Crippen LogP contribution in [0.2, 0.25) is 5.02 Å². The molecule has 0 unspecified atom stereocenters. The zero-order valence-electron chi connectivity index (χ0n) is 18.5. The highest BCUT2D eigenvalue weighted by Crippen LogP contribution is 2.41. The van der Waals surface area contributed by atoms with Crippen molar-refractivity contribution in [2.45, 2.75) is 43.7 Å². The molecule has 2 aliphatic rings. The zero-order valence-corrected chi connectivity index (χ0v) is 20.9. The maximum atomic E-state index is 13.7. The summed E-state index contributed by atoms with van der Waals surface area (Å²) in [4.78, 5) is 15.2. The Morgan fingerprint density at radius 3 is 2.41 bits per heavy atom. The summed E-state index contributed by atoms with van der Waals surface area (Å²) in [6.07, 6.45) is 3.56. The highest BCUT2D eigenvalue weighted by atomic mass is 35.5. The summed E-state index contributed by atoms with van der Waals surface area (Å²) in [7, 11) is 0. The van der Waals surface area contributed by atoms with Gasteiger partial charge in [-0.25, -0.2) is 4.39 Å². The first-order chi connectivity index (χ1) is 15.5. The van der Waals surface area contributed by atoms with Crippen molar-refractivity contribution in [1.29, 1.82) is 0 Å². The molecular weight excluding hydrogens is 500 g/mol. The van der Waals surface area contributed by atoms with Crippen LogP contribution in [0.25, 0.3) is 11.4 Å². The molecule has 3 aromatic rings. The van der Waals surface area contributed by atoms with E-state index in [9.17, 15) is 9.18 Å². The van der Waals surface area contributed by atoms with Gasteiger partial charge < -0.3 is 15.2 Å². The number of hydrogen-bond donors (Lipinski definition) is 1. The largest absolute Gasteiger partial charge is 0.331 e. The van der Waals surface area contributed by atoms with Crippen LogP contribution >= 0.6 is 36.4 Å². The molecule has 1 amide bonds. The van der Waals surface area contributed by atoms with Crippen molar-refractivity contribution in [3.05, 3.63) is 70.8 Å². The third kappa shape index (κ3) is 4.67. The second-order valence-corrected chi connectivity index (χ2v) is 9.17. The molecule has 2 aromatic carbocycles. The predicted molar refractivity (Wildman–Crippen MR) is 135 cm³/mol. The minimum absolute atomic E-state index is 0. The van der Waals surface area contributed by atoms with Gasteiger partial charge in [-0.15, -0.1) is 35.0 Å². The van der Waals surface area contributed by atoms with E-state index >= 15 is 0 Å². The lowest BCUT2D eigenvalue weighted by molar-refractivity contribution is 0.0523. The number of nitrogens with zero attached hydrogens (tertiary/aromatic N) is 4. The minimum atomic E-state index is -0.339. The lowest BCUT2D eigenvalue weighted by Crippen LogP contribution is -2.50. The van der Waals surface area contributed by atoms with Gasteiger partial charge in [0.05, 0.1) is 0 Å². The van der Waals surface area contributed by atoms with Crippen molar-refractivity contribution in [2.24, 2.45) is 5.73 Å². The van der Waals surface area contributed by atoms with Crippen LogP contribution in [0.3, 0.4) is 0 Å². The number of fused-ring (bicyclic) bond motifs is 1. The number of amides is 1. The first kappa shape index (κ1) is 26.4. The van der Waals surface area contributed by atoms with Crippen LogP contribution in [0.15, 0.2) is 48.5 Å². The van der Waals surface area contributed by atoms with Crippen LogP contribution in [0.1, 0.15) is 41.9 Å². The maximum absolute atomic E-state index is 13.7. The average molecular weight is 527 g/mol. The normalized spacial score (nSPS) is 21.9. The smallest absolute Gasteiger partial charge is 0.292 e. The van der Waals surface area contributed by atoms with E-state index in [1.807, 2.05) is 23.1 Å². The fourth-order valence-electron chi connectivity index (χ4n) is 5.20. The molecular formula is C24H27Cl3FN5O. The summed E-state index contributed by atoms with van der Waals surface area (Å²) in [5, 5.41) is 9.07. The molecule has 0 bridgehead atoms. The molecule has 5 rings (SSSR count). The molecule has 1 aliphatic heterocycles. The van der Waals surface area contributed by atoms with E-state index in [1.165, 1.54) is 17.7 Å². The van der Waals surface area contributed by atoms with E-state index in [-0.39, 0.29) is 48.0 Å². The van der Waals surface area contributed by atoms with Gasteiger partial charge in [-0.05, 0) is 55.5 Å². The number of aromatic nitrogens is 3. The highest BCUT2D eigenvalue weighted by molar-refractivity contribution is 6.30. The third-order valence-corrected chi connectivity index (χ3v) is 7.27. The van der Waals surface area contributed by atoms with Crippen LogP contribution in [-0.2, 0) is 12.0 Å².